The van der Waals surface area contributed by atoms with E-state index in [1.807, 2.05) is 6.07 Å². The monoisotopic (exact) mass is 338 g/mol. The van der Waals surface area contributed by atoms with Crippen LogP contribution in [0, 0.1) is 0 Å². The minimum Gasteiger partial charge on any atom is -0.322 e. The molecule has 0 unspecified atom stereocenters. The summed E-state index contributed by atoms with van der Waals surface area (Å²) >= 11 is 0. The maximum Gasteiger partial charge on any atom is 0.321 e. The van der Waals surface area contributed by atoms with Gasteiger partial charge >= 0.3 is 6.03 Å². The van der Waals surface area contributed by atoms with Crippen LogP contribution >= 0.6 is 0 Å². The molecule has 1 aromatic rings. The fourth-order valence-corrected chi connectivity index (χ4v) is 3.55. The molecule has 1 fully saturated rings. The van der Waals surface area contributed by atoms with Crippen molar-refractivity contribution in [3.63, 3.8) is 0 Å². The van der Waals surface area contributed by atoms with Gasteiger partial charge in [0.05, 0.1) is 0 Å². The third kappa shape index (κ3) is 3.36. The van der Waals surface area contributed by atoms with Gasteiger partial charge in [-0.05, 0) is 30.2 Å². The highest BCUT2D eigenvalue weighted by molar-refractivity contribution is 7.86. The number of anilines is 1. The minimum absolute atomic E-state index is 0.136. The lowest BCUT2D eigenvalue weighted by Gasteiger charge is -2.32. The van der Waals surface area contributed by atoms with Crippen LogP contribution < -0.4 is 10.5 Å². The first-order valence-electron chi connectivity index (χ1n) is 7.34. The van der Waals surface area contributed by atoms with E-state index in [4.69, 9.17) is 5.14 Å². The van der Waals surface area contributed by atoms with Crippen LogP contribution in [0.5, 0.6) is 0 Å². The van der Waals surface area contributed by atoms with Gasteiger partial charge in [-0.25, -0.2) is 9.93 Å². The Kier molecular flexibility index (Phi) is 4.09. The van der Waals surface area contributed by atoms with E-state index in [0.29, 0.717) is 18.5 Å². The number of amides is 2. The summed E-state index contributed by atoms with van der Waals surface area (Å²) in [4.78, 5) is 25.4. The smallest absolute Gasteiger partial charge is 0.321 e. The van der Waals surface area contributed by atoms with E-state index >= 15 is 0 Å². The van der Waals surface area contributed by atoms with E-state index in [1.165, 1.54) is 0 Å². The molecule has 1 aromatic carbocycles. The largest absolute Gasteiger partial charge is 0.322 e. The molecule has 1 aliphatic heterocycles. The number of aryl methyl sites for hydroxylation is 1. The number of carbonyl (C=O) groups is 2. The van der Waals surface area contributed by atoms with Gasteiger partial charge in [-0.1, -0.05) is 0 Å². The van der Waals surface area contributed by atoms with Crippen LogP contribution in [0.15, 0.2) is 18.2 Å². The number of hydrogen-bond donors (Lipinski definition) is 2. The topological polar surface area (TPSA) is 113 Å². The summed E-state index contributed by atoms with van der Waals surface area (Å²) in [7, 11) is -3.70. The van der Waals surface area contributed by atoms with Crippen molar-refractivity contribution in [2.45, 2.75) is 12.8 Å². The number of fused-ring (bicyclic) bond motifs is 1. The lowest BCUT2D eigenvalue weighted by atomic mass is 10.1. The molecule has 0 spiro atoms. The average molecular weight is 338 g/mol. The number of ketones is 1. The molecule has 23 heavy (non-hydrogen) atoms. The Labute approximate surface area is 134 Å². The molecular formula is C14H18N4O4S. The highest BCUT2D eigenvalue weighted by Crippen LogP contribution is 2.25. The first kappa shape index (κ1) is 15.9. The first-order valence-corrected chi connectivity index (χ1v) is 8.85. The predicted molar refractivity (Wildman–Crippen MR) is 84.4 cm³/mol. The molecule has 2 aliphatic rings. The van der Waals surface area contributed by atoms with Gasteiger partial charge in [0.15, 0.2) is 5.78 Å². The van der Waals surface area contributed by atoms with Crippen molar-refractivity contribution >= 4 is 27.7 Å². The van der Waals surface area contributed by atoms with Gasteiger partial charge < -0.3 is 10.2 Å². The van der Waals surface area contributed by atoms with Crippen molar-refractivity contribution in [3.05, 3.63) is 29.3 Å². The standard InChI is InChI=1S/C14H18N4O4S/c15-23(21,22)18-7-5-17(6-8-18)14(20)16-11-2-3-12-10(9-11)1-4-13(12)19/h2-3,9H,1,4-8H2,(H,16,20)(H2,15,21,22). The zero-order valence-electron chi connectivity index (χ0n) is 12.5. The summed E-state index contributed by atoms with van der Waals surface area (Å²) in [6.45, 7) is 0.938. The van der Waals surface area contributed by atoms with Gasteiger partial charge in [-0.15, -0.1) is 0 Å². The van der Waals surface area contributed by atoms with E-state index in [-0.39, 0.29) is 38.0 Å². The molecule has 0 radical (unpaired) electrons. The number of rotatable bonds is 2. The number of nitrogens with two attached hydrogens (primary N) is 1. The number of nitrogens with zero attached hydrogens (tertiary/aromatic N) is 2. The quantitative estimate of drug-likeness (QED) is 0.800. The van der Waals surface area contributed by atoms with Gasteiger partial charge in [-0.3, -0.25) is 4.79 Å². The SMILES string of the molecule is NS(=O)(=O)N1CCN(C(=O)Nc2ccc3c(c2)CCC3=O)CC1. The number of nitrogens with one attached hydrogen (secondary N) is 1. The van der Waals surface area contributed by atoms with Crippen molar-refractivity contribution in [2.75, 3.05) is 31.5 Å². The summed E-state index contributed by atoms with van der Waals surface area (Å²) < 4.78 is 23.6. The van der Waals surface area contributed by atoms with Crippen molar-refractivity contribution < 1.29 is 18.0 Å². The zero-order valence-corrected chi connectivity index (χ0v) is 13.3. The van der Waals surface area contributed by atoms with Crippen LogP contribution in [0.3, 0.4) is 0 Å². The first-order chi connectivity index (χ1) is 10.8. The van der Waals surface area contributed by atoms with Crippen LogP contribution in [-0.2, 0) is 16.6 Å². The Morgan fingerprint density at radius 2 is 1.83 bits per heavy atom. The van der Waals surface area contributed by atoms with Crippen molar-refractivity contribution in [1.82, 2.24) is 9.21 Å². The number of urea groups is 1. The minimum atomic E-state index is -3.70. The normalized spacial score (nSPS) is 18.8. The molecule has 1 saturated heterocycles. The number of carbonyl (C=O) groups excluding carboxylic acids is 2. The highest BCUT2D eigenvalue weighted by atomic mass is 32.2. The Hall–Kier alpha value is -1.97. The molecule has 8 nitrogen and oxygen atoms in total. The number of benzene rings is 1. The zero-order chi connectivity index (χ0) is 16.6. The molecule has 1 aliphatic carbocycles. The molecule has 9 heteroatoms. The van der Waals surface area contributed by atoms with E-state index in [9.17, 15) is 18.0 Å². The summed E-state index contributed by atoms with van der Waals surface area (Å²) in [5.74, 6) is 0.136. The summed E-state index contributed by atoms with van der Waals surface area (Å²) in [6.07, 6.45) is 1.22. The third-order valence-corrected chi connectivity index (χ3v) is 5.25. The molecule has 0 aromatic heterocycles. The van der Waals surface area contributed by atoms with Gasteiger partial charge in [0, 0.05) is 43.9 Å². The van der Waals surface area contributed by atoms with Crippen LogP contribution in [-0.4, -0.2) is 55.6 Å². The van der Waals surface area contributed by atoms with Gasteiger partial charge in [0.2, 0.25) is 0 Å². The number of Topliss-reactive ketones (excluding diaryl/α,β-unsaturated/α-hetero) is 1. The second-order valence-corrected chi connectivity index (χ2v) is 7.20. The summed E-state index contributed by atoms with van der Waals surface area (Å²) in [6, 6.07) is 4.97. The number of hydrogen-bond acceptors (Lipinski definition) is 4. The third-order valence-electron chi connectivity index (χ3n) is 4.16. The molecule has 2 amide bonds. The molecule has 0 atom stereocenters. The van der Waals surface area contributed by atoms with E-state index < -0.39 is 10.2 Å². The van der Waals surface area contributed by atoms with Crippen LogP contribution in [0.25, 0.3) is 0 Å². The molecule has 0 saturated carbocycles. The molecule has 0 bridgehead atoms. The van der Waals surface area contributed by atoms with Crippen LogP contribution in [0.1, 0.15) is 22.3 Å². The van der Waals surface area contributed by atoms with E-state index in [2.05, 4.69) is 5.32 Å². The van der Waals surface area contributed by atoms with E-state index in [0.717, 1.165) is 15.4 Å². The second kappa shape index (κ2) is 5.91. The Morgan fingerprint density at radius 1 is 1.13 bits per heavy atom. The highest BCUT2D eigenvalue weighted by Gasteiger charge is 2.27. The van der Waals surface area contributed by atoms with Crippen LogP contribution in [0.4, 0.5) is 10.5 Å². The molecule has 1 heterocycles. The second-order valence-electron chi connectivity index (χ2n) is 5.66. The van der Waals surface area contributed by atoms with Crippen molar-refractivity contribution in [2.24, 2.45) is 5.14 Å². The van der Waals surface area contributed by atoms with Crippen molar-refractivity contribution in [1.29, 1.82) is 0 Å². The maximum atomic E-state index is 12.2. The Balaban J connectivity index is 1.61. The molecule has 3 rings (SSSR count). The summed E-state index contributed by atoms with van der Waals surface area (Å²) in [5.41, 5.74) is 2.31. The fourth-order valence-electron chi connectivity index (χ4n) is 2.88. The molecule has 124 valence electrons. The lowest BCUT2D eigenvalue weighted by Crippen LogP contribution is -2.53. The Morgan fingerprint density at radius 3 is 2.48 bits per heavy atom. The average Bonchev–Trinajstić information content (AvgIpc) is 2.87. The Bertz CT molecular complexity index is 754. The molecule has 3 N–H and O–H groups in total. The number of piperazine rings is 1. The van der Waals surface area contributed by atoms with Crippen LogP contribution in [0.2, 0.25) is 0 Å². The van der Waals surface area contributed by atoms with E-state index in [1.54, 1.807) is 17.0 Å². The van der Waals surface area contributed by atoms with Crippen molar-refractivity contribution in [3.8, 4) is 0 Å². The fraction of sp³-hybridized carbons (Fsp3) is 0.429. The van der Waals surface area contributed by atoms with Gasteiger partial charge in [0.1, 0.15) is 0 Å². The lowest BCUT2D eigenvalue weighted by molar-refractivity contribution is 0.0994. The van der Waals surface area contributed by atoms with Gasteiger partial charge in [0.25, 0.3) is 10.2 Å². The predicted octanol–water partition coefficient (Wildman–Crippen LogP) is 0.169. The van der Waals surface area contributed by atoms with Gasteiger partial charge in [-0.2, -0.15) is 12.7 Å². The maximum absolute atomic E-state index is 12.2. The molecular weight excluding hydrogens is 320 g/mol. The summed E-state index contributed by atoms with van der Waals surface area (Å²) in [5, 5.41) is 7.86.